The number of allylic oxidation sites excluding steroid dienone is 1. The van der Waals surface area contributed by atoms with Crippen molar-refractivity contribution in [3.05, 3.63) is 49.3 Å². The average Bonchev–Trinajstić information content (AvgIpc) is 3.26. The van der Waals surface area contributed by atoms with Gasteiger partial charge in [0.15, 0.2) is 11.6 Å². The van der Waals surface area contributed by atoms with E-state index in [4.69, 9.17) is 32.8 Å². The lowest BCUT2D eigenvalue weighted by Gasteiger charge is -2.25. The van der Waals surface area contributed by atoms with Crippen molar-refractivity contribution in [2.45, 2.75) is 19.8 Å². The minimum absolute atomic E-state index is 0.0639. The number of aliphatic hydroxyl groups excluding tert-OH is 2. The maximum Gasteiger partial charge on any atom is 0.287 e. The molecule has 0 radical (unpaired) electrons. The van der Waals surface area contributed by atoms with Crippen LogP contribution in [0, 0.1) is 0 Å². The average molecular weight is 789 g/mol. The normalized spacial score (nSPS) is 15.1. The zero-order valence-corrected chi connectivity index (χ0v) is 31.2. The molecule has 1 aliphatic carbocycles. The molecule has 0 saturated heterocycles. The summed E-state index contributed by atoms with van der Waals surface area (Å²) in [5, 5.41) is 44.4. The summed E-state index contributed by atoms with van der Waals surface area (Å²) in [5.74, 6) is -4.00. The minimum atomic E-state index is -4.38. The van der Waals surface area contributed by atoms with Gasteiger partial charge in [-0.25, -0.2) is 0 Å². The number of hydrogen-bond acceptors (Lipinski definition) is 17. The predicted octanol–water partition coefficient (Wildman–Crippen LogP) is 2.30. The first kappa shape index (κ1) is 38.7. The second kappa shape index (κ2) is 14.3. The van der Waals surface area contributed by atoms with E-state index in [1.54, 1.807) is 13.0 Å². The number of methoxy groups -OCH3 is 3. The van der Waals surface area contributed by atoms with E-state index in [0.29, 0.717) is 5.57 Å². The van der Waals surface area contributed by atoms with Gasteiger partial charge in [0.2, 0.25) is 10.9 Å². The fourth-order valence-electron chi connectivity index (χ4n) is 7.29. The standard InChI is InChI=1S/C35H36N2O15S2/c1-15-10-17-23-28-24(33(42)32(17)37-14-54(46,47)52-9-7-39)18(40)11-20(48-3)26(28)27-21(49-4)12-19(41)25-30(27)29(23)31(35(50-5)34(25)43)22(15)16(2)36-13-53(44,45)51-8-6-38/h10-12,22,37-41H,6-9,13-14H2,1-5H3/b36-16+. The van der Waals surface area contributed by atoms with Crippen molar-refractivity contribution < 1.29 is 59.8 Å². The molecule has 6 rings (SSSR count). The van der Waals surface area contributed by atoms with Gasteiger partial charge in [-0.3, -0.25) is 22.9 Å². The number of rotatable bonds is 15. The molecule has 5 N–H and O–H groups in total. The molecule has 1 aliphatic rings. The molecule has 0 aliphatic heterocycles. The Labute approximate surface area is 307 Å². The highest BCUT2D eigenvalue weighted by Gasteiger charge is 2.37. The molecule has 54 heavy (non-hydrogen) atoms. The molecule has 0 bridgehead atoms. The van der Waals surface area contributed by atoms with E-state index >= 15 is 0 Å². The highest BCUT2D eigenvalue weighted by atomic mass is 32.2. The van der Waals surface area contributed by atoms with Gasteiger partial charge < -0.3 is 40.0 Å². The molecule has 0 aromatic heterocycles. The van der Waals surface area contributed by atoms with Gasteiger partial charge in [-0.15, -0.1) is 0 Å². The second-order valence-electron chi connectivity index (χ2n) is 12.4. The fourth-order valence-corrected chi connectivity index (χ4v) is 8.79. The summed E-state index contributed by atoms with van der Waals surface area (Å²) in [7, 11) is -4.75. The maximum absolute atomic E-state index is 14.6. The number of anilines is 1. The third-order valence-corrected chi connectivity index (χ3v) is 11.3. The zero-order chi connectivity index (χ0) is 39.4. The van der Waals surface area contributed by atoms with Crippen molar-refractivity contribution in [1.29, 1.82) is 0 Å². The molecule has 0 amide bonds. The summed E-state index contributed by atoms with van der Waals surface area (Å²) < 4.78 is 77.7. The van der Waals surface area contributed by atoms with Crippen LogP contribution in [-0.2, 0) is 28.6 Å². The van der Waals surface area contributed by atoms with E-state index in [1.165, 1.54) is 40.4 Å². The highest BCUT2D eigenvalue weighted by molar-refractivity contribution is 7.87. The van der Waals surface area contributed by atoms with Gasteiger partial charge in [-0.1, -0.05) is 11.6 Å². The van der Waals surface area contributed by atoms with E-state index in [0.717, 1.165) is 0 Å². The van der Waals surface area contributed by atoms with Crippen molar-refractivity contribution in [1.82, 2.24) is 0 Å². The van der Waals surface area contributed by atoms with Gasteiger partial charge in [-0.05, 0) is 19.2 Å². The number of phenolic OH excluding ortho intramolecular Hbond substituents is 2. The molecule has 0 saturated carbocycles. The van der Waals surface area contributed by atoms with Crippen LogP contribution in [0.3, 0.4) is 0 Å². The lowest BCUT2D eigenvalue weighted by atomic mass is 9.80. The first-order valence-corrected chi connectivity index (χ1v) is 19.4. The summed E-state index contributed by atoms with van der Waals surface area (Å²) in [4.78, 5) is 33.3. The molecule has 19 heteroatoms. The van der Waals surface area contributed by atoms with Crippen molar-refractivity contribution in [3.8, 4) is 28.7 Å². The number of phenols is 2. The summed E-state index contributed by atoms with van der Waals surface area (Å²) in [6, 6.07) is 2.42. The molecule has 0 spiro atoms. The van der Waals surface area contributed by atoms with E-state index in [2.05, 4.69) is 10.3 Å². The summed E-state index contributed by atoms with van der Waals surface area (Å²) >= 11 is 0. The Bertz CT molecular complexity index is 2750. The Morgan fingerprint density at radius 2 is 1.30 bits per heavy atom. The molecule has 0 fully saturated rings. The van der Waals surface area contributed by atoms with E-state index < -0.39 is 86.7 Å². The van der Waals surface area contributed by atoms with Crippen LogP contribution >= 0.6 is 0 Å². The number of aromatic hydroxyl groups is 2. The molecular weight excluding hydrogens is 753 g/mol. The monoisotopic (exact) mass is 788 g/mol. The van der Waals surface area contributed by atoms with Crippen molar-refractivity contribution in [2.24, 2.45) is 4.99 Å². The molecule has 1 unspecified atom stereocenters. The van der Waals surface area contributed by atoms with E-state index in [-0.39, 0.29) is 82.9 Å². The number of aliphatic hydroxyl groups is 2. The first-order valence-electron chi connectivity index (χ1n) is 16.2. The zero-order valence-electron chi connectivity index (χ0n) is 29.6. The molecule has 5 aromatic carbocycles. The maximum atomic E-state index is 14.6. The van der Waals surface area contributed by atoms with Gasteiger partial charge in [0, 0.05) is 61.8 Å². The van der Waals surface area contributed by atoms with Crippen molar-refractivity contribution in [2.75, 3.05) is 64.8 Å². The van der Waals surface area contributed by atoms with Crippen LogP contribution in [0.15, 0.2) is 32.3 Å². The number of aliphatic imine (C=N–C) groups is 1. The van der Waals surface area contributed by atoms with Gasteiger partial charge >= 0.3 is 0 Å². The number of nitrogens with one attached hydrogen (secondary N) is 1. The molecule has 288 valence electrons. The number of fused-ring (bicyclic) bond motifs is 1. The van der Waals surface area contributed by atoms with Crippen LogP contribution in [0.25, 0.3) is 49.2 Å². The highest BCUT2D eigenvalue weighted by Crippen LogP contribution is 2.56. The number of nitrogens with zero attached hydrogens (tertiary/aromatic N) is 1. The molecular formula is C35H36N2O15S2. The van der Waals surface area contributed by atoms with Gasteiger partial charge in [0.1, 0.15) is 28.9 Å². The third-order valence-electron chi connectivity index (χ3n) is 9.26. The lowest BCUT2D eigenvalue weighted by Crippen LogP contribution is -2.23. The summed E-state index contributed by atoms with van der Waals surface area (Å²) in [6.45, 7) is 0.939. The lowest BCUT2D eigenvalue weighted by molar-refractivity contribution is 0.205. The van der Waals surface area contributed by atoms with Crippen LogP contribution in [0.4, 0.5) is 5.69 Å². The van der Waals surface area contributed by atoms with Gasteiger partial charge in [0.25, 0.3) is 20.2 Å². The minimum Gasteiger partial charge on any atom is -0.507 e. The largest absolute Gasteiger partial charge is 0.507 e. The Kier molecular flexibility index (Phi) is 10.2. The first-order chi connectivity index (χ1) is 25.6. The number of benzene rings is 5. The van der Waals surface area contributed by atoms with Crippen molar-refractivity contribution >= 4 is 80.8 Å². The summed E-state index contributed by atoms with van der Waals surface area (Å²) in [5.41, 5.74) is -1.09. The van der Waals surface area contributed by atoms with E-state index in [9.17, 15) is 36.6 Å². The fraction of sp³-hybridized carbons (Fsp3) is 0.343. The molecule has 1 atom stereocenters. The predicted molar refractivity (Wildman–Crippen MR) is 201 cm³/mol. The Balaban J connectivity index is 1.90. The Hall–Kier alpha value is -5.05. The quantitative estimate of drug-likeness (QED) is 0.0442. The third kappa shape index (κ3) is 6.15. The van der Waals surface area contributed by atoms with Gasteiger partial charge in [0.05, 0.1) is 64.2 Å². The Morgan fingerprint density at radius 1 is 0.759 bits per heavy atom. The van der Waals surface area contributed by atoms with Crippen LogP contribution < -0.4 is 30.4 Å². The van der Waals surface area contributed by atoms with Crippen LogP contribution in [0.2, 0.25) is 0 Å². The smallest absolute Gasteiger partial charge is 0.287 e. The topological polar surface area (TPSA) is 254 Å². The molecule has 5 aromatic rings. The SMILES string of the molecule is COc1c2c3c4c(c(NCS(=O)(=O)OCCO)c(=O)c5c(O)cc(OC)c(c6c(OC)cc(O)c(c1=O)c63)c54)C=C(C)C2/C(C)=N/CS(=O)(=O)OCCO. The summed E-state index contributed by atoms with van der Waals surface area (Å²) in [6.07, 6.45) is 1.54. The van der Waals surface area contributed by atoms with E-state index in [1.807, 2.05) is 0 Å². The molecule has 0 heterocycles. The van der Waals surface area contributed by atoms with Crippen molar-refractivity contribution in [3.63, 3.8) is 0 Å². The second-order valence-corrected chi connectivity index (χ2v) is 15.6. The van der Waals surface area contributed by atoms with Crippen LogP contribution in [0.1, 0.15) is 30.9 Å². The Morgan fingerprint density at radius 3 is 1.83 bits per heavy atom. The van der Waals surface area contributed by atoms with Crippen LogP contribution in [0.5, 0.6) is 28.7 Å². The molecule has 17 nitrogen and oxygen atoms in total. The van der Waals surface area contributed by atoms with Gasteiger partial charge in [-0.2, -0.15) is 16.8 Å². The number of hydrogen-bond donors (Lipinski definition) is 5. The van der Waals surface area contributed by atoms with Crippen LogP contribution in [-0.4, -0.2) is 102 Å². The number of ether oxygens (including phenoxy) is 3.